The summed E-state index contributed by atoms with van der Waals surface area (Å²) in [7, 11) is 0. The molecule has 1 rings (SSSR count). The van der Waals surface area contributed by atoms with E-state index in [9.17, 15) is 0 Å². The molecule has 0 bridgehead atoms. The van der Waals surface area contributed by atoms with Gasteiger partial charge in [-0.3, -0.25) is 0 Å². The number of oxazole rings is 1. The third-order valence-corrected chi connectivity index (χ3v) is 1.38. The zero-order valence-electron chi connectivity index (χ0n) is 5.08. The van der Waals surface area contributed by atoms with E-state index in [1.807, 2.05) is 0 Å². The van der Waals surface area contributed by atoms with Crippen molar-refractivity contribution in [2.75, 3.05) is 5.75 Å². The molecule has 3 heteroatoms. The number of hydrogen-bond acceptors (Lipinski definition) is 3. The molecule has 9 heavy (non-hydrogen) atoms. The minimum absolute atomic E-state index is 0.903. The van der Waals surface area contributed by atoms with Crippen LogP contribution in [0.2, 0.25) is 0 Å². The number of thiol groups is 1. The largest absolute Gasteiger partial charge is 0.449 e. The lowest BCUT2D eigenvalue weighted by Crippen LogP contribution is -1.81. The van der Waals surface area contributed by atoms with Crippen LogP contribution in [0.5, 0.6) is 0 Å². The van der Waals surface area contributed by atoms with Gasteiger partial charge in [0.2, 0.25) is 0 Å². The Morgan fingerprint density at radius 2 is 2.56 bits per heavy atom. The molecule has 0 saturated heterocycles. The minimum Gasteiger partial charge on any atom is -0.449 e. The maximum atomic E-state index is 4.99. The van der Waals surface area contributed by atoms with E-state index in [0.717, 1.165) is 24.4 Å². The van der Waals surface area contributed by atoms with Crippen molar-refractivity contribution < 1.29 is 4.42 Å². The van der Waals surface area contributed by atoms with Crippen molar-refractivity contribution in [2.24, 2.45) is 0 Å². The lowest BCUT2D eigenvalue weighted by atomic mass is 10.3. The van der Waals surface area contributed by atoms with E-state index >= 15 is 0 Å². The fraction of sp³-hybridized carbons (Fsp3) is 0.500. The SMILES string of the molecule is SCCCc1cnco1. The molecule has 1 aromatic rings. The van der Waals surface area contributed by atoms with Gasteiger partial charge in [-0.1, -0.05) is 0 Å². The number of rotatable bonds is 3. The highest BCUT2D eigenvalue weighted by atomic mass is 32.1. The molecule has 1 heterocycles. The van der Waals surface area contributed by atoms with E-state index in [1.165, 1.54) is 6.39 Å². The van der Waals surface area contributed by atoms with Crippen molar-refractivity contribution in [1.29, 1.82) is 0 Å². The highest BCUT2D eigenvalue weighted by molar-refractivity contribution is 7.80. The van der Waals surface area contributed by atoms with Crippen LogP contribution in [-0.2, 0) is 6.42 Å². The molecule has 0 amide bonds. The summed E-state index contributed by atoms with van der Waals surface area (Å²) in [5, 5.41) is 0. The van der Waals surface area contributed by atoms with Gasteiger partial charge in [0, 0.05) is 6.42 Å². The molecule has 0 aromatic carbocycles. The van der Waals surface area contributed by atoms with Crippen molar-refractivity contribution in [2.45, 2.75) is 12.8 Å². The molecule has 0 unspecified atom stereocenters. The normalized spacial score (nSPS) is 9.89. The highest BCUT2D eigenvalue weighted by Gasteiger charge is 1.92. The van der Waals surface area contributed by atoms with Crippen LogP contribution in [0, 0.1) is 0 Å². The van der Waals surface area contributed by atoms with Gasteiger partial charge >= 0.3 is 0 Å². The molecule has 50 valence electrons. The van der Waals surface area contributed by atoms with Gasteiger partial charge in [-0.15, -0.1) is 0 Å². The molecule has 0 aliphatic heterocycles. The van der Waals surface area contributed by atoms with Crippen LogP contribution >= 0.6 is 12.6 Å². The Kier molecular flexibility index (Phi) is 2.64. The Morgan fingerprint density at radius 1 is 1.67 bits per heavy atom. The molecule has 0 aliphatic rings. The summed E-state index contributed by atoms with van der Waals surface area (Å²) < 4.78 is 4.99. The maximum Gasteiger partial charge on any atom is 0.180 e. The Bertz CT molecular complexity index is 150. The lowest BCUT2D eigenvalue weighted by molar-refractivity contribution is 0.501. The average molecular weight is 143 g/mol. The van der Waals surface area contributed by atoms with Crippen molar-refractivity contribution >= 4 is 12.6 Å². The molecule has 2 nitrogen and oxygen atoms in total. The zero-order chi connectivity index (χ0) is 6.53. The predicted octanol–water partition coefficient (Wildman–Crippen LogP) is 1.54. The van der Waals surface area contributed by atoms with Gasteiger partial charge < -0.3 is 4.42 Å². The molecule has 0 saturated carbocycles. The summed E-state index contributed by atoms with van der Waals surface area (Å²) in [6.07, 6.45) is 5.19. The minimum atomic E-state index is 0.903. The second-order valence-electron chi connectivity index (χ2n) is 1.79. The Morgan fingerprint density at radius 3 is 3.11 bits per heavy atom. The maximum absolute atomic E-state index is 4.99. The van der Waals surface area contributed by atoms with Gasteiger partial charge in [0.05, 0.1) is 6.20 Å². The van der Waals surface area contributed by atoms with Gasteiger partial charge in [-0.25, -0.2) is 4.98 Å². The number of hydrogen-bond donors (Lipinski definition) is 1. The first-order valence-electron chi connectivity index (χ1n) is 2.91. The van der Waals surface area contributed by atoms with Gasteiger partial charge in [-0.2, -0.15) is 12.6 Å². The van der Waals surface area contributed by atoms with Crippen LogP contribution in [0.1, 0.15) is 12.2 Å². The first-order valence-corrected chi connectivity index (χ1v) is 3.55. The van der Waals surface area contributed by atoms with E-state index in [1.54, 1.807) is 6.20 Å². The van der Waals surface area contributed by atoms with E-state index in [4.69, 9.17) is 4.42 Å². The van der Waals surface area contributed by atoms with E-state index in [0.29, 0.717) is 0 Å². The Hall–Kier alpha value is -0.440. The van der Waals surface area contributed by atoms with Crippen LogP contribution in [0.15, 0.2) is 17.0 Å². The zero-order valence-corrected chi connectivity index (χ0v) is 5.97. The fourth-order valence-corrected chi connectivity index (χ4v) is 0.777. The predicted molar refractivity (Wildman–Crippen MR) is 38.7 cm³/mol. The summed E-state index contributed by atoms with van der Waals surface area (Å²) in [5.74, 6) is 1.85. The average Bonchev–Trinajstić information content (AvgIpc) is 2.34. The van der Waals surface area contributed by atoms with E-state index in [-0.39, 0.29) is 0 Å². The number of aryl methyl sites for hydroxylation is 1. The summed E-state index contributed by atoms with van der Waals surface area (Å²) >= 11 is 4.07. The first kappa shape index (κ1) is 6.68. The van der Waals surface area contributed by atoms with E-state index < -0.39 is 0 Å². The quantitative estimate of drug-likeness (QED) is 0.649. The summed E-state index contributed by atoms with van der Waals surface area (Å²) in [6.45, 7) is 0. The van der Waals surface area contributed by atoms with Gasteiger partial charge in [0.15, 0.2) is 6.39 Å². The van der Waals surface area contributed by atoms with Crippen molar-refractivity contribution in [3.8, 4) is 0 Å². The molecule has 0 radical (unpaired) electrons. The summed E-state index contributed by atoms with van der Waals surface area (Å²) in [5.41, 5.74) is 0. The summed E-state index contributed by atoms with van der Waals surface area (Å²) in [6, 6.07) is 0. The molecular formula is C6H9NOS. The van der Waals surface area contributed by atoms with Crippen molar-refractivity contribution in [3.05, 3.63) is 18.4 Å². The molecule has 0 aliphatic carbocycles. The second-order valence-corrected chi connectivity index (χ2v) is 2.24. The molecule has 0 N–H and O–H groups in total. The third-order valence-electron chi connectivity index (χ3n) is 1.06. The van der Waals surface area contributed by atoms with Crippen molar-refractivity contribution in [3.63, 3.8) is 0 Å². The smallest absolute Gasteiger partial charge is 0.180 e. The van der Waals surface area contributed by atoms with Crippen LogP contribution in [0.25, 0.3) is 0 Å². The third kappa shape index (κ3) is 2.10. The molecule has 0 atom stereocenters. The van der Waals surface area contributed by atoms with Gasteiger partial charge in [0.25, 0.3) is 0 Å². The molecular weight excluding hydrogens is 134 g/mol. The molecule has 0 spiro atoms. The number of nitrogens with zero attached hydrogens (tertiary/aromatic N) is 1. The standard InChI is InChI=1S/C6H9NOS/c9-3-1-2-6-4-7-5-8-6/h4-5,9H,1-3H2. The fourth-order valence-electron chi connectivity index (χ4n) is 0.619. The second kappa shape index (κ2) is 3.56. The van der Waals surface area contributed by atoms with E-state index in [2.05, 4.69) is 17.6 Å². The summed E-state index contributed by atoms with van der Waals surface area (Å²) in [4.78, 5) is 3.78. The highest BCUT2D eigenvalue weighted by Crippen LogP contribution is 2.00. The topological polar surface area (TPSA) is 26.0 Å². The van der Waals surface area contributed by atoms with Gasteiger partial charge in [-0.05, 0) is 12.2 Å². The van der Waals surface area contributed by atoms with Crippen LogP contribution in [-0.4, -0.2) is 10.7 Å². The molecule has 0 fully saturated rings. The lowest BCUT2D eigenvalue weighted by Gasteiger charge is -1.88. The van der Waals surface area contributed by atoms with Crippen LogP contribution in [0.3, 0.4) is 0 Å². The molecule has 1 aromatic heterocycles. The van der Waals surface area contributed by atoms with Gasteiger partial charge in [0.1, 0.15) is 5.76 Å². The number of aromatic nitrogens is 1. The van der Waals surface area contributed by atoms with Crippen LogP contribution < -0.4 is 0 Å². The van der Waals surface area contributed by atoms with Crippen molar-refractivity contribution in [1.82, 2.24) is 4.98 Å². The first-order chi connectivity index (χ1) is 4.43. The monoisotopic (exact) mass is 143 g/mol. The Labute approximate surface area is 59.7 Å². The van der Waals surface area contributed by atoms with Crippen LogP contribution in [0.4, 0.5) is 0 Å². The Balaban J connectivity index is 2.30.